The average molecular weight is 349 g/mol. The predicted molar refractivity (Wildman–Crippen MR) is 99.6 cm³/mol. The van der Waals surface area contributed by atoms with Gasteiger partial charge in [-0.1, -0.05) is 13.8 Å². The first kappa shape index (κ1) is 19.5. The molecule has 6 nitrogen and oxygen atoms in total. The zero-order chi connectivity index (χ0) is 18.4. The summed E-state index contributed by atoms with van der Waals surface area (Å²) in [5.41, 5.74) is 0.582. The van der Waals surface area contributed by atoms with Crippen LogP contribution in [0.25, 0.3) is 0 Å². The Morgan fingerprint density at radius 3 is 2.32 bits per heavy atom. The van der Waals surface area contributed by atoms with Gasteiger partial charge in [-0.15, -0.1) is 0 Å². The molecule has 1 amide bonds. The van der Waals surface area contributed by atoms with Crippen LogP contribution in [0.4, 0.5) is 0 Å². The first-order valence-electron chi connectivity index (χ1n) is 8.89. The van der Waals surface area contributed by atoms with Crippen LogP contribution in [0.1, 0.15) is 24.2 Å². The molecule has 0 aromatic heterocycles. The lowest BCUT2D eigenvalue weighted by Gasteiger charge is -2.39. The minimum atomic E-state index is -0.0827. The summed E-state index contributed by atoms with van der Waals surface area (Å²) >= 11 is 0. The fourth-order valence-corrected chi connectivity index (χ4v) is 3.22. The molecule has 0 spiro atoms. The molecule has 0 bridgehead atoms. The lowest BCUT2D eigenvalue weighted by Crippen LogP contribution is -2.54. The zero-order valence-corrected chi connectivity index (χ0v) is 16.0. The third kappa shape index (κ3) is 5.09. The molecule has 1 unspecified atom stereocenters. The number of carbonyl (C=O) groups excluding carboxylic acids is 1. The largest absolute Gasteiger partial charge is 0.493 e. The monoisotopic (exact) mass is 349 g/mol. The van der Waals surface area contributed by atoms with Crippen molar-refractivity contribution in [2.24, 2.45) is 5.92 Å². The molecule has 6 heteroatoms. The van der Waals surface area contributed by atoms with E-state index in [1.165, 1.54) is 0 Å². The second-order valence-electron chi connectivity index (χ2n) is 6.93. The molecule has 0 aliphatic carbocycles. The molecule has 25 heavy (non-hydrogen) atoms. The summed E-state index contributed by atoms with van der Waals surface area (Å²) in [6.45, 7) is 9.32. The van der Waals surface area contributed by atoms with Crippen LogP contribution in [0.5, 0.6) is 11.5 Å². The van der Waals surface area contributed by atoms with Gasteiger partial charge in [0, 0.05) is 44.3 Å². The van der Waals surface area contributed by atoms with E-state index < -0.39 is 0 Å². The van der Waals surface area contributed by atoms with Crippen molar-refractivity contribution in [3.63, 3.8) is 0 Å². The van der Waals surface area contributed by atoms with Gasteiger partial charge >= 0.3 is 0 Å². The van der Waals surface area contributed by atoms with Gasteiger partial charge in [-0.3, -0.25) is 9.69 Å². The Bertz CT molecular complexity index is 569. The van der Waals surface area contributed by atoms with Gasteiger partial charge in [0.25, 0.3) is 5.91 Å². The number of carbonyl (C=O) groups is 1. The second-order valence-corrected chi connectivity index (χ2v) is 6.93. The molecule has 0 radical (unpaired) electrons. The highest BCUT2D eigenvalue weighted by Gasteiger charge is 2.25. The van der Waals surface area contributed by atoms with Crippen LogP contribution in [0.3, 0.4) is 0 Å². The molecule has 1 aromatic carbocycles. The van der Waals surface area contributed by atoms with E-state index in [4.69, 9.17) is 9.47 Å². The Morgan fingerprint density at radius 1 is 1.12 bits per heavy atom. The maximum absolute atomic E-state index is 12.5. The molecule has 1 aliphatic heterocycles. The Balaban J connectivity index is 1.99. The summed E-state index contributed by atoms with van der Waals surface area (Å²) in [6.07, 6.45) is 0. The number of piperazine rings is 1. The summed E-state index contributed by atoms with van der Waals surface area (Å²) in [4.78, 5) is 17.4. The maximum Gasteiger partial charge on any atom is 0.251 e. The van der Waals surface area contributed by atoms with E-state index in [2.05, 4.69) is 36.0 Å². The number of ether oxygens (including phenoxy) is 2. The third-order valence-electron chi connectivity index (χ3n) is 4.89. The molecule has 1 aromatic rings. The summed E-state index contributed by atoms with van der Waals surface area (Å²) < 4.78 is 10.5. The average Bonchev–Trinajstić information content (AvgIpc) is 2.62. The lowest BCUT2D eigenvalue weighted by molar-refractivity contribution is 0.0791. The number of hydrogen-bond donors (Lipinski definition) is 1. The van der Waals surface area contributed by atoms with Crippen molar-refractivity contribution < 1.29 is 14.3 Å². The van der Waals surface area contributed by atoms with E-state index in [0.29, 0.717) is 35.6 Å². The number of nitrogens with zero attached hydrogens (tertiary/aromatic N) is 2. The van der Waals surface area contributed by atoms with E-state index in [0.717, 1.165) is 26.2 Å². The van der Waals surface area contributed by atoms with E-state index >= 15 is 0 Å². The fourth-order valence-electron chi connectivity index (χ4n) is 3.22. The van der Waals surface area contributed by atoms with Gasteiger partial charge in [0.1, 0.15) is 0 Å². The highest BCUT2D eigenvalue weighted by molar-refractivity contribution is 5.94. The van der Waals surface area contributed by atoms with Crippen LogP contribution in [-0.2, 0) is 0 Å². The Hall–Kier alpha value is -1.79. The highest BCUT2D eigenvalue weighted by atomic mass is 16.5. The molecule has 1 atom stereocenters. The first-order valence-corrected chi connectivity index (χ1v) is 8.89. The quantitative estimate of drug-likeness (QED) is 0.812. The standard InChI is InChI=1S/C19H31N3O3/c1-14(2)16(22-10-8-21(3)9-11-22)13-20-19(23)15-6-7-17(24-4)18(12-15)25-5/h6-7,12,14,16H,8-11,13H2,1-5H3,(H,20,23). The van der Waals surface area contributed by atoms with Crippen molar-refractivity contribution in [1.82, 2.24) is 15.1 Å². The van der Waals surface area contributed by atoms with Gasteiger partial charge < -0.3 is 19.7 Å². The lowest BCUT2D eigenvalue weighted by atomic mass is 10.0. The number of rotatable bonds is 7. The summed E-state index contributed by atoms with van der Waals surface area (Å²) in [6, 6.07) is 5.58. The van der Waals surface area contributed by atoms with E-state index in [9.17, 15) is 4.79 Å². The first-order chi connectivity index (χ1) is 12.0. The molecule has 1 aliphatic rings. The zero-order valence-electron chi connectivity index (χ0n) is 16.0. The smallest absolute Gasteiger partial charge is 0.251 e. The molecule has 0 saturated carbocycles. The molecule has 1 fully saturated rings. The molecule has 1 heterocycles. The van der Waals surface area contributed by atoms with Crippen molar-refractivity contribution >= 4 is 5.91 Å². The SMILES string of the molecule is COc1ccc(C(=O)NCC(C(C)C)N2CCN(C)CC2)cc1OC. The summed E-state index contributed by atoms with van der Waals surface area (Å²) in [5, 5.41) is 3.09. The Kier molecular flexibility index (Phi) is 7.08. The van der Waals surface area contributed by atoms with Crippen molar-refractivity contribution in [2.45, 2.75) is 19.9 Å². The van der Waals surface area contributed by atoms with Gasteiger partial charge in [-0.05, 0) is 31.2 Å². The van der Waals surface area contributed by atoms with Crippen molar-refractivity contribution in [2.75, 3.05) is 54.0 Å². The molecule has 2 rings (SSSR count). The van der Waals surface area contributed by atoms with Crippen LogP contribution in [0, 0.1) is 5.92 Å². The topological polar surface area (TPSA) is 54.0 Å². The van der Waals surface area contributed by atoms with Crippen LogP contribution >= 0.6 is 0 Å². The van der Waals surface area contributed by atoms with Crippen LogP contribution in [-0.4, -0.2) is 75.7 Å². The summed E-state index contributed by atoms with van der Waals surface area (Å²) in [7, 11) is 5.31. The van der Waals surface area contributed by atoms with Crippen molar-refractivity contribution in [1.29, 1.82) is 0 Å². The highest BCUT2D eigenvalue weighted by Crippen LogP contribution is 2.27. The molecule has 1 saturated heterocycles. The van der Waals surface area contributed by atoms with Crippen molar-refractivity contribution in [3.05, 3.63) is 23.8 Å². The number of amides is 1. The minimum absolute atomic E-state index is 0.0827. The predicted octanol–water partition coefficient (Wildman–Crippen LogP) is 1.71. The van der Waals surface area contributed by atoms with Gasteiger partial charge in [-0.2, -0.15) is 0 Å². The van der Waals surface area contributed by atoms with Crippen LogP contribution in [0.15, 0.2) is 18.2 Å². The summed E-state index contributed by atoms with van der Waals surface area (Å²) in [5.74, 6) is 1.58. The van der Waals surface area contributed by atoms with Crippen LogP contribution < -0.4 is 14.8 Å². The maximum atomic E-state index is 12.5. The fraction of sp³-hybridized carbons (Fsp3) is 0.632. The van der Waals surface area contributed by atoms with Crippen LogP contribution in [0.2, 0.25) is 0 Å². The third-order valence-corrected chi connectivity index (χ3v) is 4.89. The van der Waals surface area contributed by atoms with E-state index in [1.807, 2.05) is 0 Å². The van der Waals surface area contributed by atoms with E-state index in [-0.39, 0.29) is 5.91 Å². The number of likely N-dealkylation sites (N-methyl/N-ethyl adjacent to an activating group) is 1. The normalized spacial score (nSPS) is 17.4. The molecule has 140 valence electrons. The Morgan fingerprint density at radius 2 is 1.76 bits per heavy atom. The molecule has 1 N–H and O–H groups in total. The second kappa shape index (κ2) is 9.06. The number of benzene rings is 1. The van der Waals surface area contributed by atoms with Gasteiger partial charge in [0.15, 0.2) is 11.5 Å². The number of methoxy groups -OCH3 is 2. The van der Waals surface area contributed by atoms with Gasteiger partial charge in [0.05, 0.1) is 14.2 Å². The van der Waals surface area contributed by atoms with Gasteiger partial charge in [-0.25, -0.2) is 0 Å². The minimum Gasteiger partial charge on any atom is -0.493 e. The van der Waals surface area contributed by atoms with E-state index in [1.54, 1.807) is 32.4 Å². The van der Waals surface area contributed by atoms with Crippen molar-refractivity contribution in [3.8, 4) is 11.5 Å². The number of hydrogen-bond acceptors (Lipinski definition) is 5. The molecular weight excluding hydrogens is 318 g/mol. The van der Waals surface area contributed by atoms with Gasteiger partial charge in [0.2, 0.25) is 0 Å². The number of nitrogens with one attached hydrogen (secondary N) is 1. The molecular formula is C19H31N3O3. The Labute approximate surface area is 151 Å².